The predicted octanol–water partition coefficient (Wildman–Crippen LogP) is 2.73. The van der Waals surface area contributed by atoms with Crippen molar-refractivity contribution in [2.75, 3.05) is 56.5 Å². The van der Waals surface area contributed by atoms with Gasteiger partial charge in [-0.15, -0.1) is 5.10 Å². The van der Waals surface area contributed by atoms with Crippen molar-refractivity contribution in [1.29, 1.82) is 0 Å². The van der Waals surface area contributed by atoms with Gasteiger partial charge in [0.15, 0.2) is 11.5 Å². The molecule has 11 nitrogen and oxygen atoms in total. The van der Waals surface area contributed by atoms with Crippen LogP contribution in [-0.2, 0) is 6.18 Å². The average Bonchev–Trinajstić information content (AvgIpc) is 3.64. The van der Waals surface area contributed by atoms with Crippen molar-refractivity contribution < 1.29 is 18.0 Å². The average molecular weight is 579 g/mol. The Kier molecular flexibility index (Phi) is 7.53. The first-order valence-corrected chi connectivity index (χ1v) is 13.7. The second-order valence-corrected chi connectivity index (χ2v) is 10.5. The second-order valence-electron chi connectivity index (χ2n) is 10.5. The van der Waals surface area contributed by atoms with E-state index in [9.17, 15) is 18.0 Å². The Labute approximate surface area is 239 Å². The maximum Gasteiger partial charge on any atom is 0.432 e. The van der Waals surface area contributed by atoms with Crippen molar-refractivity contribution in [3.8, 4) is 11.8 Å². The number of fused-ring (bicyclic) bond motifs is 1. The quantitative estimate of drug-likeness (QED) is 0.356. The number of piperazine rings is 1. The van der Waals surface area contributed by atoms with Crippen LogP contribution in [0.5, 0.6) is 0 Å². The van der Waals surface area contributed by atoms with Crippen molar-refractivity contribution >= 4 is 23.2 Å². The Balaban J connectivity index is 1.13. The van der Waals surface area contributed by atoms with Crippen LogP contribution in [0.15, 0.2) is 42.9 Å². The molecular formula is C28H29F3N10O. The zero-order chi connectivity index (χ0) is 29.3. The van der Waals surface area contributed by atoms with Crippen LogP contribution < -0.4 is 10.2 Å². The maximum absolute atomic E-state index is 12.8. The van der Waals surface area contributed by atoms with E-state index in [-0.39, 0.29) is 11.4 Å². The second kappa shape index (κ2) is 11.4. The number of piperidine rings is 1. The van der Waals surface area contributed by atoms with Crippen LogP contribution in [0.2, 0.25) is 0 Å². The highest BCUT2D eigenvalue weighted by Gasteiger charge is 2.33. The molecule has 1 amide bonds. The first-order chi connectivity index (χ1) is 20.2. The van der Waals surface area contributed by atoms with Gasteiger partial charge in [0.25, 0.3) is 5.91 Å². The number of anilines is 2. The summed E-state index contributed by atoms with van der Waals surface area (Å²) in [6.07, 6.45) is 2.03. The van der Waals surface area contributed by atoms with Gasteiger partial charge in [-0.05, 0) is 44.0 Å². The normalized spacial score (nSPS) is 17.3. The zero-order valence-corrected chi connectivity index (χ0v) is 22.9. The van der Waals surface area contributed by atoms with Gasteiger partial charge in [0.05, 0.1) is 11.8 Å². The molecule has 2 N–H and O–H groups in total. The lowest BCUT2D eigenvalue weighted by molar-refractivity contribution is -0.141. The van der Waals surface area contributed by atoms with Gasteiger partial charge in [0, 0.05) is 69.3 Å². The maximum atomic E-state index is 12.8. The number of H-pyrrole nitrogens is 1. The number of carbonyl (C=O) groups is 1. The van der Waals surface area contributed by atoms with E-state index in [4.69, 9.17) is 5.10 Å². The Hall–Kier alpha value is -4.48. The summed E-state index contributed by atoms with van der Waals surface area (Å²) in [6, 6.07) is 6.73. The summed E-state index contributed by atoms with van der Waals surface area (Å²) >= 11 is 0. The number of alkyl halides is 3. The molecule has 0 unspecified atom stereocenters. The first-order valence-electron chi connectivity index (χ1n) is 13.7. The molecule has 4 aromatic rings. The number of pyridine rings is 1. The number of carbonyl (C=O) groups excluding carboxylic acids is 1. The number of likely N-dealkylation sites (N-methyl/N-ethyl adjacent to an activating group) is 1. The highest BCUT2D eigenvalue weighted by atomic mass is 19.4. The minimum Gasteiger partial charge on any atom is -0.355 e. The number of aromatic nitrogens is 6. The zero-order valence-electron chi connectivity index (χ0n) is 22.9. The summed E-state index contributed by atoms with van der Waals surface area (Å²) in [5.74, 6) is 5.98. The lowest BCUT2D eigenvalue weighted by Gasteiger charge is -2.42. The SMILES string of the molecule is CN1CCN(C2CCN(c3ccc4ncc(C#Cc5cncc(C(=O)Nc6cc(C(F)(F)F)[nH]n6)c5)n4n3)CC2)CC1. The number of rotatable bonds is 4. The third-order valence-electron chi connectivity index (χ3n) is 7.65. The number of halogens is 3. The fraction of sp³-hybridized carbons (Fsp3) is 0.393. The van der Waals surface area contributed by atoms with Crippen molar-refractivity contribution in [1.82, 2.24) is 39.6 Å². The van der Waals surface area contributed by atoms with Crippen LogP contribution in [0.3, 0.4) is 0 Å². The van der Waals surface area contributed by atoms with E-state index in [0.29, 0.717) is 22.9 Å². The lowest BCUT2D eigenvalue weighted by Crippen LogP contribution is -2.52. The summed E-state index contributed by atoms with van der Waals surface area (Å²) in [6.45, 7) is 6.35. The molecule has 0 bridgehead atoms. The largest absolute Gasteiger partial charge is 0.432 e. The molecule has 2 fully saturated rings. The molecule has 2 aliphatic heterocycles. The number of nitrogens with zero attached hydrogens (tertiary/aromatic N) is 8. The molecule has 0 aromatic carbocycles. The highest BCUT2D eigenvalue weighted by Crippen LogP contribution is 2.29. The summed E-state index contributed by atoms with van der Waals surface area (Å²) in [5, 5.41) is 12.5. The van der Waals surface area contributed by atoms with Crippen LogP contribution in [-0.4, -0.2) is 97.8 Å². The minimum absolute atomic E-state index is 0.122. The molecule has 0 aliphatic carbocycles. The van der Waals surface area contributed by atoms with Gasteiger partial charge < -0.3 is 15.1 Å². The van der Waals surface area contributed by atoms with E-state index < -0.39 is 17.8 Å². The van der Waals surface area contributed by atoms with E-state index in [0.717, 1.165) is 64.0 Å². The topological polar surface area (TPSA) is 111 Å². The Morgan fingerprint density at radius 3 is 2.55 bits per heavy atom. The molecule has 0 saturated carbocycles. The van der Waals surface area contributed by atoms with Gasteiger partial charge in [0.1, 0.15) is 17.2 Å². The predicted molar refractivity (Wildman–Crippen MR) is 149 cm³/mol. The molecule has 2 aliphatic rings. The third kappa shape index (κ3) is 6.07. The van der Waals surface area contributed by atoms with E-state index in [1.807, 2.05) is 17.2 Å². The van der Waals surface area contributed by atoms with Crippen LogP contribution in [0.1, 0.15) is 40.2 Å². The van der Waals surface area contributed by atoms with Crippen LogP contribution in [0, 0.1) is 11.8 Å². The first kappa shape index (κ1) is 27.7. The summed E-state index contributed by atoms with van der Waals surface area (Å²) in [4.78, 5) is 28.3. The smallest absolute Gasteiger partial charge is 0.355 e. The van der Waals surface area contributed by atoms with E-state index in [2.05, 4.69) is 54.0 Å². The van der Waals surface area contributed by atoms with E-state index in [1.165, 1.54) is 18.5 Å². The fourth-order valence-electron chi connectivity index (χ4n) is 5.25. The molecule has 0 radical (unpaired) electrons. The van der Waals surface area contributed by atoms with Gasteiger partial charge in [-0.1, -0.05) is 5.92 Å². The van der Waals surface area contributed by atoms with Crippen molar-refractivity contribution in [3.05, 3.63) is 65.4 Å². The molecule has 0 atom stereocenters. The Morgan fingerprint density at radius 2 is 1.81 bits per heavy atom. The highest BCUT2D eigenvalue weighted by molar-refractivity contribution is 6.03. The van der Waals surface area contributed by atoms with Gasteiger partial charge in [-0.25, -0.2) is 9.50 Å². The van der Waals surface area contributed by atoms with Gasteiger partial charge in [-0.3, -0.25) is 19.8 Å². The number of aromatic amines is 1. The number of imidazole rings is 1. The standard InChI is InChI=1S/C28H29F3N10O/c1-38-10-12-39(13-11-38)21-6-8-40(9-7-21)26-5-4-25-33-18-22(41(25)37-26)3-2-19-14-20(17-32-16-19)27(42)34-24-15-23(35-36-24)28(29,30)31/h4-5,14-18,21H,6-13H2,1H3,(H2,34,35,36,42). The molecule has 218 valence electrons. The summed E-state index contributed by atoms with van der Waals surface area (Å²) < 4.78 is 40.1. The molecule has 14 heteroatoms. The van der Waals surface area contributed by atoms with Crippen molar-refractivity contribution in [2.24, 2.45) is 0 Å². The number of hydrogen-bond donors (Lipinski definition) is 2. The van der Waals surface area contributed by atoms with Crippen molar-refractivity contribution in [2.45, 2.75) is 25.1 Å². The van der Waals surface area contributed by atoms with Gasteiger partial charge in [-0.2, -0.15) is 18.3 Å². The molecule has 0 spiro atoms. The molecule has 4 aromatic heterocycles. The van der Waals surface area contributed by atoms with Crippen LogP contribution in [0.25, 0.3) is 5.65 Å². The molecule has 6 rings (SSSR count). The number of amides is 1. The lowest BCUT2D eigenvalue weighted by atomic mass is 10.0. The minimum atomic E-state index is -4.60. The molecule has 6 heterocycles. The van der Waals surface area contributed by atoms with Crippen LogP contribution >= 0.6 is 0 Å². The summed E-state index contributed by atoms with van der Waals surface area (Å²) in [7, 11) is 2.17. The van der Waals surface area contributed by atoms with E-state index in [1.54, 1.807) is 10.7 Å². The molecule has 2 saturated heterocycles. The Bertz CT molecular complexity index is 1640. The summed E-state index contributed by atoms with van der Waals surface area (Å²) in [5.41, 5.74) is 0.745. The van der Waals surface area contributed by atoms with E-state index >= 15 is 0 Å². The third-order valence-corrected chi connectivity index (χ3v) is 7.65. The monoisotopic (exact) mass is 578 g/mol. The number of hydrogen-bond acceptors (Lipinski definition) is 8. The van der Waals surface area contributed by atoms with Crippen molar-refractivity contribution in [3.63, 3.8) is 0 Å². The van der Waals surface area contributed by atoms with Gasteiger partial charge in [0.2, 0.25) is 0 Å². The molecular weight excluding hydrogens is 549 g/mol. The van der Waals surface area contributed by atoms with Gasteiger partial charge >= 0.3 is 6.18 Å². The Morgan fingerprint density at radius 1 is 1.02 bits per heavy atom. The fourth-order valence-corrected chi connectivity index (χ4v) is 5.25. The van der Waals surface area contributed by atoms with Crippen LogP contribution in [0.4, 0.5) is 24.8 Å². The number of nitrogens with one attached hydrogen (secondary N) is 2. The molecule has 42 heavy (non-hydrogen) atoms.